The van der Waals surface area contributed by atoms with Crippen molar-refractivity contribution in [1.29, 1.82) is 0 Å². The Bertz CT molecular complexity index is 1430. The molecule has 6 rings (SSSR count). The zero-order valence-corrected chi connectivity index (χ0v) is 22.6. The Labute approximate surface area is 213 Å². The van der Waals surface area contributed by atoms with Crippen molar-refractivity contribution in [1.82, 2.24) is 20.6 Å². The molecule has 7 heteroatoms. The normalized spacial score (nSPS) is 18.9. The monoisotopic (exact) mass is 494 g/mol. The molecule has 0 spiro atoms. The van der Waals surface area contributed by atoms with Crippen LogP contribution >= 0.6 is 0 Å². The van der Waals surface area contributed by atoms with Crippen LogP contribution in [0.5, 0.6) is 5.75 Å². The van der Waals surface area contributed by atoms with Gasteiger partial charge in [0, 0.05) is 41.1 Å². The SMILES string of the molecule is Cc1ccc(OC([SiH3])[C@@H]2CCN2)cc1C(=O)NC1(c2cc(-c3cccnc3)cc3ncccc23)CC1. The average Bonchev–Trinajstić information content (AvgIpc) is 3.64. The number of hydrogen-bond donors (Lipinski definition) is 2. The molecule has 2 aromatic heterocycles. The van der Waals surface area contributed by atoms with E-state index in [1.54, 1.807) is 6.20 Å². The highest BCUT2D eigenvalue weighted by Crippen LogP contribution is 2.49. The standard InChI is InChI=1S/C29H30N4O2Si/c1-18-6-7-21(35-28(36)25-8-13-32-25)16-23(18)27(34)33-29(9-10-29)24-14-20(19-4-2-11-30-17-19)15-26-22(24)5-3-12-31-26/h2-7,11-12,14-17,25,28,32H,8-10,13H2,1,36H3,(H,33,34)/t25-,28?/m0/s1. The van der Waals surface area contributed by atoms with Crippen LogP contribution < -0.4 is 15.4 Å². The smallest absolute Gasteiger partial charge is 0.252 e. The van der Waals surface area contributed by atoms with E-state index in [1.807, 2.05) is 49.6 Å². The van der Waals surface area contributed by atoms with Crippen molar-refractivity contribution in [2.45, 2.75) is 43.5 Å². The first kappa shape index (κ1) is 22.9. The van der Waals surface area contributed by atoms with Gasteiger partial charge in [-0.05, 0) is 85.8 Å². The second-order valence-corrected chi connectivity index (χ2v) is 11.2. The van der Waals surface area contributed by atoms with E-state index in [2.05, 4.69) is 44.9 Å². The number of nitrogens with one attached hydrogen (secondary N) is 2. The molecule has 2 fully saturated rings. The van der Waals surface area contributed by atoms with Gasteiger partial charge in [0.2, 0.25) is 0 Å². The van der Waals surface area contributed by atoms with Gasteiger partial charge in [0.15, 0.2) is 0 Å². The Morgan fingerprint density at radius 3 is 2.69 bits per heavy atom. The molecule has 2 N–H and O–H groups in total. The van der Waals surface area contributed by atoms with Gasteiger partial charge in [0.25, 0.3) is 5.91 Å². The summed E-state index contributed by atoms with van der Waals surface area (Å²) in [4.78, 5) is 22.6. The molecular formula is C29H30N4O2Si. The molecule has 1 unspecified atom stereocenters. The average molecular weight is 495 g/mol. The third-order valence-corrected chi connectivity index (χ3v) is 8.58. The highest BCUT2D eigenvalue weighted by molar-refractivity contribution is 6.11. The predicted molar refractivity (Wildman–Crippen MR) is 145 cm³/mol. The Hall–Kier alpha value is -3.55. The van der Waals surface area contributed by atoms with Crippen LogP contribution in [-0.4, -0.2) is 44.4 Å². The van der Waals surface area contributed by atoms with Crippen molar-refractivity contribution in [3.63, 3.8) is 0 Å². The molecule has 1 saturated carbocycles. The lowest BCUT2D eigenvalue weighted by Crippen LogP contribution is -2.53. The number of rotatable bonds is 7. The number of ether oxygens (including phenoxy) is 1. The summed E-state index contributed by atoms with van der Waals surface area (Å²) in [6.45, 7) is 3.04. The van der Waals surface area contributed by atoms with Gasteiger partial charge >= 0.3 is 0 Å². The number of carbonyl (C=O) groups is 1. The van der Waals surface area contributed by atoms with E-state index < -0.39 is 5.54 Å². The maximum atomic E-state index is 13.6. The van der Waals surface area contributed by atoms with Gasteiger partial charge in [0.1, 0.15) is 5.75 Å². The molecule has 2 atom stereocenters. The van der Waals surface area contributed by atoms with E-state index >= 15 is 0 Å². The fraction of sp³-hybridized carbons (Fsp3) is 0.276. The molecule has 1 saturated heterocycles. The van der Waals surface area contributed by atoms with E-state index in [0.29, 0.717) is 11.6 Å². The molecule has 3 heterocycles. The van der Waals surface area contributed by atoms with E-state index in [0.717, 1.165) is 75.0 Å². The van der Waals surface area contributed by atoms with Crippen molar-refractivity contribution in [2.24, 2.45) is 0 Å². The largest absolute Gasteiger partial charge is 0.494 e. The molecule has 0 bridgehead atoms. The minimum absolute atomic E-state index is 0.0639. The van der Waals surface area contributed by atoms with Gasteiger partial charge in [-0.2, -0.15) is 0 Å². The first-order valence-corrected chi connectivity index (χ1v) is 13.8. The zero-order valence-electron chi connectivity index (χ0n) is 20.6. The molecule has 6 nitrogen and oxygen atoms in total. The molecule has 1 amide bonds. The van der Waals surface area contributed by atoms with Gasteiger partial charge in [-0.25, -0.2) is 0 Å². The van der Waals surface area contributed by atoms with E-state index in [-0.39, 0.29) is 11.6 Å². The van der Waals surface area contributed by atoms with E-state index in [1.165, 1.54) is 0 Å². The first-order chi connectivity index (χ1) is 17.5. The van der Waals surface area contributed by atoms with Crippen molar-refractivity contribution in [3.8, 4) is 16.9 Å². The topological polar surface area (TPSA) is 76.1 Å². The number of benzene rings is 2. The second-order valence-electron chi connectivity index (χ2n) is 10.0. The molecule has 36 heavy (non-hydrogen) atoms. The summed E-state index contributed by atoms with van der Waals surface area (Å²) >= 11 is 0. The summed E-state index contributed by atoms with van der Waals surface area (Å²) in [6, 6.07) is 18.6. The predicted octanol–water partition coefficient (Wildman–Crippen LogP) is 3.46. The zero-order chi connectivity index (χ0) is 24.7. The van der Waals surface area contributed by atoms with Crippen LogP contribution in [0.1, 0.15) is 40.7 Å². The summed E-state index contributed by atoms with van der Waals surface area (Å²) in [5, 5.41) is 7.89. The summed E-state index contributed by atoms with van der Waals surface area (Å²) in [5.74, 6) is 0.698. The highest BCUT2D eigenvalue weighted by Gasteiger charge is 2.47. The van der Waals surface area contributed by atoms with Crippen LogP contribution in [0.3, 0.4) is 0 Å². The number of hydrogen-bond acceptors (Lipinski definition) is 5. The fourth-order valence-corrected chi connectivity index (χ4v) is 5.92. The molecule has 182 valence electrons. The third-order valence-electron chi connectivity index (χ3n) is 7.54. The molecule has 2 aromatic carbocycles. The number of amides is 1. The lowest BCUT2D eigenvalue weighted by atomic mass is 9.93. The fourth-order valence-electron chi connectivity index (χ4n) is 5.08. The van der Waals surface area contributed by atoms with Crippen molar-refractivity contribution in [3.05, 3.63) is 89.9 Å². The van der Waals surface area contributed by atoms with E-state index in [4.69, 9.17) is 4.74 Å². The van der Waals surface area contributed by atoms with Crippen LogP contribution in [0.4, 0.5) is 0 Å². The van der Waals surface area contributed by atoms with E-state index in [9.17, 15) is 4.79 Å². The summed E-state index contributed by atoms with van der Waals surface area (Å²) < 4.78 is 6.22. The summed E-state index contributed by atoms with van der Waals surface area (Å²) in [5.41, 5.74) is 5.52. The molecule has 1 aliphatic heterocycles. The molecule has 1 aliphatic carbocycles. The summed E-state index contributed by atoms with van der Waals surface area (Å²) in [7, 11) is 0.932. The number of fused-ring (bicyclic) bond motifs is 1. The lowest BCUT2D eigenvalue weighted by molar-refractivity contribution is 0.0929. The number of carbonyl (C=O) groups excluding carboxylic acids is 1. The Morgan fingerprint density at radius 1 is 1.14 bits per heavy atom. The molecular weight excluding hydrogens is 464 g/mol. The van der Waals surface area contributed by atoms with Crippen LogP contribution in [0.15, 0.2) is 73.2 Å². The van der Waals surface area contributed by atoms with Crippen LogP contribution in [0, 0.1) is 6.92 Å². The van der Waals surface area contributed by atoms with Crippen molar-refractivity contribution >= 4 is 27.1 Å². The number of pyridine rings is 2. The van der Waals surface area contributed by atoms with Crippen molar-refractivity contribution < 1.29 is 9.53 Å². The molecule has 2 aliphatic rings. The Morgan fingerprint density at radius 2 is 1.97 bits per heavy atom. The number of aryl methyl sites for hydroxylation is 1. The first-order valence-electron chi connectivity index (χ1n) is 12.7. The van der Waals surface area contributed by atoms with Gasteiger partial charge < -0.3 is 15.4 Å². The Kier molecular flexibility index (Phi) is 5.82. The third kappa shape index (κ3) is 4.29. The second kappa shape index (κ2) is 9.15. The minimum atomic E-state index is -0.407. The Balaban J connectivity index is 1.32. The number of aromatic nitrogens is 2. The summed E-state index contributed by atoms with van der Waals surface area (Å²) in [6.07, 6.45) is 8.39. The minimum Gasteiger partial charge on any atom is -0.494 e. The molecule has 4 aromatic rings. The molecule has 0 radical (unpaired) electrons. The van der Waals surface area contributed by atoms with Crippen LogP contribution in [0.2, 0.25) is 0 Å². The quantitative estimate of drug-likeness (QED) is 0.385. The number of nitrogens with zero attached hydrogens (tertiary/aromatic N) is 2. The highest BCUT2D eigenvalue weighted by atomic mass is 28.1. The maximum Gasteiger partial charge on any atom is 0.252 e. The lowest BCUT2D eigenvalue weighted by Gasteiger charge is -2.33. The van der Waals surface area contributed by atoms with Crippen molar-refractivity contribution in [2.75, 3.05) is 6.54 Å². The van der Waals surface area contributed by atoms with Gasteiger partial charge in [-0.1, -0.05) is 18.2 Å². The van der Waals surface area contributed by atoms with Gasteiger partial charge in [-0.3, -0.25) is 14.8 Å². The van der Waals surface area contributed by atoms with Crippen LogP contribution in [0.25, 0.3) is 22.0 Å². The van der Waals surface area contributed by atoms with Crippen LogP contribution in [-0.2, 0) is 5.54 Å². The maximum absolute atomic E-state index is 13.6. The van der Waals surface area contributed by atoms with Gasteiger partial charge in [0.05, 0.1) is 27.0 Å². The van der Waals surface area contributed by atoms with Gasteiger partial charge in [-0.15, -0.1) is 0 Å².